The normalized spacial score (nSPS) is 23.7. The van der Waals surface area contributed by atoms with E-state index in [9.17, 15) is 9.90 Å². The molecule has 0 aromatic heterocycles. The molecule has 11 heavy (non-hydrogen) atoms. The largest absolute Gasteiger partial charge is 0.508 e. The molecule has 0 amide bonds. The number of rotatable bonds is 2. The maximum absolute atomic E-state index is 10.9. The number of allylic oxidation sites excluding steroid dienone is 1. The first-order valence-corrected chi connectivity index (χ1v) is 3.40. The lowest BCUT2D eigenvalue weighted by atomic mass is 10.1. The summed E-state index contributed by atoms with van der Waals surface area (Å²) in [6.45, 7) is 5.09. The molecule has 3 heteroatoms. The van der Waals surface area contributed by atoms with Crippen molar-refractivity contribution in [1.29, 1.82) is 0 Å². The van der Waals surface area contributed by atoms with Gasteiger partial charge in [0, 0.05) is 6.42 Å². The van der Waals surface area contributed by atoms with Gasteiger partial charge in [-0.05, 0) is 6.92 Å². The van der Waals surface area contributed by atoms with Crippen molar-refractivity contribution >= 4 is 5.97 Å². The Bertz CT molecular complexity index is 227. The van der Waals surface area contributed by atoms with Crippen LogP contribution in [0.15, 0.2) is 24.0 Å². The molecule has 0 unspecified atom stereocenters. The smallest absolute Gasteiger partial charge is 0.338 e. The third-order valence-corrected chi connectivity index (χ3v) is 1.57. The molecule has 1 aliphatic rings. The first-order chi connectivity index (χ1) is 5.16. The molecule has 60 valence electrons. The van der Waals surface area contributed by atoms with Gasteiger partial charge in [-0.2, -0.15) is 0 Å². The number of carbonyl (C=O) groups is 1. The average Bonchev–Trinajstić information content (AvgIpc) is 2.17. The van der Waals surface area contributed by atoms with Crippen LogP contribution in [0.5, 0.6) is 0 Å². The molecule has 1 atom stereocenters. The van der Waals surface area contributed by atoms with Crippen LogP contribution in [0.4, 0.5) is 0 Å². The van der Waals surface area contributed by atoms with Gasteiger partial charge in [-0.3, -0.25) is 0 Å². The van der Waals surface area contributed by atoms with Crippen LogP contribution in [-0.2, 0) is 9.53 Å². The summed E-state index contributed by atoms with van der Waals surface area (Å²) in [7, 11) is 0. The van der Waals surface area contributed by atoms with Gasteiger partial charge < -0.3 is 9.84 Å². The van der Waals surface area contributed by atoms with Gasteiger partial charge in [-0.15, -0.1) is 6.58 Å². The highest BCUT2D eigenvalue weighted by atomic mass is 16.6. The summed E-state index contributed by atoms with van der Waals surface area (Å²) in [5.41, 5.74) is 0.326. The van der Waals surface area contributed by atoms with Gasteiger partial charge >= 0.3 is 5.97 Å². The van der Waals surface area contributed by atoms with Crippen molar-refractivity contribution in [3.63, 3.8) is 0 Å². The molecule has 0 saturated heterocycles. The third-order valence-electron chi connectivity index (χ3n) is 1.57. The van der Waals surface area contributed by atoms with Gasteiger partial charge in [-0.1, -0.05) is 6.08 Å². The number of ether oxygens (including phenoxy) is 1. The molecule has 0 spiro atoms. The Morgan fingerprint density at radius 2 is 2.45 bits per heavy atom. The SMILES string of the molecule is C=CCC1=C(O)[C@H](C)OC1=O. The third kappa shape index (κ3) is 1.27. The molecule has 1 rings (SSSR count). The van der Waals surface area contributed by atoms with Gasteiger partial charge in [0.05, 0.1) is 5.57 Å². The van der Waals surface area contributed by atoms with E-state index in [1.165, 1.54) is 0 Å². The van der Waals surface area contributed by atoms with Crippen molar-refractivity contribution in [2.24, 2.45) is 0 Å². The van der Waals surface area contributed by atoms with Crippen molar-refractivity contribution in [1.82, 2.24) is 0 Å². The molecule has 0 aromatic rings. The summed E-state index contributed by atoms with van der Waals surface area (Å²) >= 11 is 0. The summed E-state index contributed by atoms with van der Waals surface area (Å²) in [6.07, 6.45) is 1.44. The first-order valence-electron chi connectivity index (χ1n) is 3.40. The molecule has 3 nitrogen and oxygen atoms in total. The van der Waals surface area contributed by atoms with Gasteiger partial charge in [0.2, 0.25) is 0 Å². The molecule has 0 bridgehead atoms. The molecule has 0 radical (unpaired) electrons. The van der Waals surface area contributed by atoms with Crippen molar-refractivity contribution in [3.05, 3.63) is 24.0 Å². The Balaban J connectivity index is 2.87. The van der Waals surface area contributed by atoms with Crippen molar-refractivity contribution < 1.29 is 14.6 Å². The van der Waals surface area contributed by atoms with E-state index in [2.05, 4.69) is 6.58 Å². The van der Waals surface area contributed by atoms with Crippen LogP contribution in [0.2, 0.25) is 0 Å². The van der Waals surface area contributed by atoms with Crippen LogP contribution in [0, 0.1) is 0 Å². The summed E-state index contributed by atoms with van der Waals surface area (Å²) in [6, 6.07) is 0. The van der Waals surface area contributed by atoms with Crippen LogP contribution >= 0.6 is 0 Å². The molecule has 1 aliphatic heterocycles. The monoisotopic (exact) mass is 154 g/mol. The first kappa shape index (κ1) is 7.85. The fraction of sp³-hybridized carbons (Fsp3) is 0.375. The van der Waals surface area contributed by atoms with E-state index < -0.39 is 12.1 Å². The standard InChI is InChI=1S/C8H10O3/c1-3-4-6-7(9)5(2)11-8(6)10/h3,5,9H,1,4H2,2H3/t5-/m0/s1. The van der Waals surface area contributed by atoms with E-state index in [-0.39, 0.29) is 5.76 Å². The lowest BCUT2D eigenvalue weighted by Gasteiger charge is -1.99. The number of hydrogen-bond acceptors (Lipinski definition) is 3. The van der Waals surface area contributed by atoms with E-state index in [4.69, 9.17) is 4.74 Å². The molecule has 0 saturated carbocycles. The van der Waals surface area contributed by atoms with Gasteiger partial charge in [0.25, 0.3) is 0 Å². The Morgan fingerprint density at radius 1 is 1.82 bits per heavy atom. The number of cyclic esters (lactones) is 1. The number of aliphatic hydroxyl groups is 1. The minimum Gasteiger partial charge on any atom is -0.508 e. The lowest BCUT2D eigenvalue weighted by molar-refractivity contribution is -0.139. The highest BCUT2D eigenvalue weighted by Crippen LogP contribution is 2.22. The van der Waals surface area contributed by atoms with Gasteiger partial charge in [-0.25, -0.2) is 4.79 Å². The summed E-state index contributed by atoms with van der Waals surface area (Å²) < 4.78 is 4.73. The fourth-order valence-corrected chi connectivity index (χ4v) is 0.970. The highest BCUT2D eigenvalue weighted by molar-refractivity contribution is 5.91. The van der Waals surface area contributed by atoms with E-state index in [1.807, 2.05) is 0 Å². The second-order valence-corrected chi connectivity index (χ2v) is 2.40. The molecule has 1 heterocycles. The fourth-order valence-electron chi connectivity index (χ4n) is 0.970. The molecular formula is C8H10O3. The zero-order valence-corrected chi connectivity index (χ0v) is 6.33. The summed E-state index contributed by atoms with van der Waals surface area (Å²) in [4.78, 5) is 10.9. The van der Waals surface area contributed by atoms with Crippen LogP contribution in [-0.4, -0.2) is 17.2 Å². The van der Waals surface area contributed by atoms with E-state index in [0.29, 0.717) is 12.0 Å². The van der Waals surface area contributed by atoms with Crippen molar-refractivity contribution in [2.45, 2.75) is 19.4 Å². The lowest BCUT2D eigenvalue weighted by Crippen LogP contribution is -2.05. The minimum atomic E-state index is -0.488. The van der Waals surface area contributed by atoms with Crippen molar-refractivity contribution in [3.8, 4) is 0 Å². The molecule has 0 fully saturated rings. The minimum absolute atomic E-state index is 0.0369. The predicted octanol–water partition coefficient (Wildman–Crippen LogP) is 1.32. The summed E-state index contributed by atoms with van der Waals surface area (Å²) in [5.74, 6) is -0.398. The number of carbonyl (C=O) groups excluding carboxylic acids is 1. The topological polar surface area (TPSA) is 46.5 Å². The van der Waals surface area contributed by atoms with E-state index in [0.717, 1.165) is 0 Å². The van der Waals surface area contributed by atoms with Crippen LogP contribution in [0.3, 0.4) is 0 Å². The Morgan fingerprint density at radius 3 is 2.82 bits per heavy atom. The molecular weight excluding hydrogens is 144 g/mol. The van der Waals surface area contributed by atoms with Crippen molar-refractivity contribution in [2.75, 3.05) is 0 Å². The zero-order valence-electron chi connectivity index (χ0n) is 6.33. The second-order valence-electron chi connectivity index (χ2n) is 2.40. The summed E-state index contributed by atoms with van der Waals surface area (Å²) in [5, 5.41) is 9.25. The number of esters is 1. The van der Waals surface area contributed by atoms with Crippen LogP contribution < -0.4 is 0 Å². The van der Waals surface area contributed by atoms with Gasteiger partial charge in [0.1, 0.15) is 5.76 Å². The molecule has 0 aromatic carbocycles. The zero-order chi connectivity index (χ0) is 8.43. The Hall–Kier alpha value is -1.25. The average molecular weight is 154 g/mol. The van der Waals surface area contributed by atoms with Crippen LogP contribution in [0.1, 0.15) is 13.3 Å². The number of aliphatic hydroxyl groups excluding tert-OH is 1. The highest BCUT2D eigenvalue weighted by Gasteiger charge is 2.29. The Kier molecular flexibility index (Phi) is 1.98. The number of hydrogen-bond donors (Lipinski definition) is 1. The van der Waals surface area contributed by atoms with E-state index in [1.54, 1.807) is 13.0 Å². The predicted molar refractivity (Wildman–Crippen MR) is 40.0 cm³/mol. The Labute approximate surface area is 65.0 Å². The van der Waals surface area contributed by atoms with E-state index >= 15 is 0 Å². The maximum Gasteiger partial charge on any atom is 0.338 e. The van der Waals surface area contributed by atoms with Crippen LogP contribution in [0.25, 0.3) is 0 Å². The second kappa shape index (κ2) is 2.78. The van der Waals surface area contributed by atoms with Gasteiger partial charge in [0.15, 0.2) is 6.10 Å². The molecule has 1 N–H and O–H groups in total. The quantitative estimate of drug-likeness (QED) is 0.482. The maximum atomic E-state index is 10.9. The molecule has 0 aliphatic carbocycles.